The molecule has 2 atom stereocenters. The lowest BCUT2D eigenvalue weighted by Gasteiger charge is -2.36. The van der Waals surface area contributed by atoms with E-state index in [1.165, 1.54) is 12.1 Å². The lowest BCUT2D eigenvalue weighted by atomic mass is 10.2. The van der Waals surface area contributed by atoms with Gasteiger partial charge in [0.1, 0.15) is 11.6 Å². The number of ether oxygens (including phenoxy) is 1. The first-order chi connectivity index (χ1) is 9.49. The molecule has 1 aromatic rings. The highest BCUT2D eigenvalue weighted by Crippen LogP contribution is 2.25. The van der Waals surface area contributed by atoms with Crippen LogP contribution in [0.3, 0.4) is 0 Å². The minimum Gasteiger partial charge on any atom is -0.372 e. The van der Waals surface area contributed by atoms with Crippen LogP contribution in [0.1, 0.15) is 20.8 Å². The fourth-order valence-corrected chi connectivity index (χ4v) is 2.41. The van der Waals surface area contributed by atoms with Crippen LogP contribution in [0.2, 0.25) is 0 Å². The Bertz CT molecular complexity index is 485. The van der Waals surface area contributed by atoms with E-state index in [0.717, 1.165) is 0 Å². The molecule has 110 valence electrons. The molecule has 0 bridgehead atoms. The van der Waals surface area contributed by atoms with Crippen LogP contribution < -0.4 is 10.2 Å². The van der Waals surface area contributed by atoms with E-state index in [1.54, 1.807) is 0 Å². The van der Waals surface area contributed by atoms with Crippen molar-refractivity contribution >= 4 is 17.3 Å². The number of anilines is 2. The van der Waals surface area contributed by atoms with Gasteiger partial charge in [-0.2, -0.15) is 0 Å². The van der Waals surface area contributed by atoms with Crippen LogP contribution in [0.15, 0.2) is 12.1 Å². The van der Waals surface area contributed by atoms with Crippen molar-refractivity contribution in [3.8, 4) is 0 Å². The molecule has 0 saturated carbocycles. The van der Waals surface area contributed by atoms with Gasteiger partial charge in [-0.3, -0.25) is 10.1 Å². The average molecular weight is 280 g/mol. The first-order valence-corrected chi connectivity index (χ1v) is 6.80. The number of nitrogens with one attached hydrogen (secondary N) is 1. The molecular weight excluding hydrogens is 260 g/mol. The van der Waals surface area contributed by atoms with Gasteiger partial charge < -0.3 is 15.0 Å². The molecule has 1 aliphatic rings. The van der Waals surface area contributed by atoms with Crippen LogP contribution in [-0.4, -0.2) is 41.7 Å². The maximum Gasteiger partial charge on any atom is 0.276 e. The Labute approximate surface area is 118 Å². The molecule has 0 spiro atoms. The van der Waals surface area contributed by atoms with Crippen molar-refractivity contribution in [3.63, 3.8) is 0 Å². The van der Waals surface area contributed by atoms with Crippen LogP contribution in [0.4, 0.5) is 17.3 Å². The predicted molar refractivity (Wildman–Crippen MR) is 77.3 cm³/mol. The van der Waals surface area contributed by atoms with Crippen molar-refractivity contribution < 1.29 is 9.66 Å². The van der Waals surface area contributed by atoms with E-state index in [-0.39, 0.29) is 22.8 Å². The fourth-order valence-electron chi connectivity index (χ4n) is 2.41. The van der Waals surface area contributed by atoms with Crippen molar-refractivity contribution in [2.45, 2.75) is 33.0 Å². The molecule has 1 N–H and O–H groups in total. The molecule has 1 saturated heterocycles. The summed E-state index contributed by atoms with van der Waals surface area (Å²) in [4.78, 5) is 17.1. The number of morpholine rings is 1. The summed E-state index contributed by atoms with van der Waals surface area (Å²) in [7, 11) is 0. The van der Waals surface area contributed by atoms with E-state index in [1.807, 2.05) is 25.7 Å². The smallest absolute Gasteiger partial charge is 0.276 e. The van der Waals surface area contributed by atoms with Gasteiger partial charge in [-0.1, -0.05) is 0 Å². The van der Waals surface area contributed by atoms with Gasteiger partial charge in [0.2, 0.25) is 0 Å². The Kier molecular flexibility index (Phi) is 4.39. The van der Waals surface area contributed by atoms with Gasteiger partial charge in [0.25, 0.3) is 5.69 Å². The lowest BCUT2D eigenvalue weighted by molar-refractivity contribution is -0.384. The third kappa shape index (κ3) is 3.36. The predicted octanol–water partition coefficient (Wildman–Crippen LogP) is 2.04. The summed E-state index contributed by atoms with van der Waals surface area (Å²) < 4.78 is 5.67. The first kappa shape index (κ1) is 14.5. The second kappa shape index (κ2) is 6.04. The molecule has 1 aromatic heterocycles. The van der Waals surface area contributed by atoms with Crippen molar-refractivity contribution in [3.05, 3.63) is 22.2 Å². The lowest BCUT2D eigenvalue weighted by Crippen LogP contribution is -2.45. The van der Waals surface area contributed by atoms with Crippen LogP contribution in [0.25, 0.3) is 0 Å². The molecular formula is C13H20N4O3. The largest absolute Gasteiger partial charge is 0.372 e. The molecule has 1 fully saturated rings. The average Bonchev–Trinajstić information content (AvgIpc) is 2.37. The third-order valence-electron chi connectivity index (χ3n) is 3.11. The van der Waals surface area contributed by atoms with E-state index in [4.69, 9.17) is 4.74 Å². The van der Waals surface area contributed by atoms with Crippen molar-refractivity contribution in [2.24, 2.45) is 0 Å². The number of nitrogens with zero attached hydrogens (tertiary/aromatic N) is 3. The molecule has 0 aliphatic carbocycles. The summed E-state index contributed by atoms with van der Waals surface area (Å²) in [6, 6.07) is 2.98. The molecule has 1 aliphatic heterocycles. The van der Waals surface area contributed by atoms with Crippen LogP contribution >= 0.6 is 0 Å². The SMILES string of the molecule is CCNc1cc([N+](=O)[O-])cc(N2C[C@@H](C)O[C@@H](C)C2)n1. The number of hydrogen-bond donors (Lipinski definition) is 1. The van der Waals surface area contributed by atoms with Crippen LogP contribution in [-0.2, 0) is 4.74 Å². The third-order valence-corrected chi connectivity index (χ3v) is 3.11. The van der Waals surface area contributed by atoms with Crippen molar-refractivity contribution in [1.29, 1.82) is 0 Å². The van der Waals surface area contributed by atoms with Gasteiger partial charge in [-0.15, -0.1) is 0 Å². The molecule has 0 unspecified atom stereocenters. The van der Waals surface area contributed by atoms with Crippen LogP contribution in [0, 0.1) is 10.1 Å². The second-order valence-electron chi connectivity index (χ2n) is 5.02. The Balaban J connectivity index is 2.31. The number of aromatic nitrogens is 1. The first-order valence-electron chi connectivity index (χ1n) is 6.80. The standard InChI is InChI=1S/C13H20N4O3/c1-4-14-12-5-11(17(18)19)6-13(15-12)16-7-9(2)20-10(3)8-16/h5-6,9-10H,4,7-8H2,1-3H3,(H,14,15)/t9-,10+. The molecule has 7 nitrogen and oxygen atoms in total. The van der Waals surface area contributed by atoms with Gasteiger partial charge in [0.05, 0.1) is 29.3 Å². The van der Waals surface area contributed by atoms with Gasteiger partial charge in [0.15, 0.2) is 0 Å². The Morgan fingerprint density at radius 1 is 1.45 bits per heavy atom. The highest BCUT2D eigenvalue weighted by Gasteiger charge is 2.25. The highest BCUT2D eigenvalue weighted by atomic mass is 16.6. The zero-order chi connectivity index (χ0) is 14.7. The van der Waals surface area contributed by atoms with E-state index in [2.05, 4.69) is 10.3 Å². The Hall–Kier alpha value is -1.89. The number of rotatable bonds is 4. The summed E-state index contributed by atoms with van der Waals surface area (Å²) in [6.07, 6.45) is 0.171. The number of pyridine rings is 1. The summed E-state index contributed by atoms with van der Waals surface area (Å²) in [5.41, 5.74) is 0.0535. The summed E-state index contributed by atoms with van der Waals surface area (Å²) in [6.45, 7) is 7.95. The summed E-state index contributed by atoms with van der Waals surface area (Å²) in [5.74, 6) is 1.15. The monoisotopic (exact) mass is 280 g/mol. The Morgan fingerprint density at radius 3 is 2.65 bits per heavy atom. The van der Waals surface area contributed by atoms with E-state index in [9.17, 15) is 10.1 Å². The molecule has 2 heterocycles. The zero-order valence-corrected chi connectivity index (χ0v) is 12.0. The molecule has 7 heteroatoms. The van der Waals surface area contributed by atoms with E-state index >= 15 is 0 Å². The van der Waals surface area contributed by atoms with Crippen molar-refractivity contribution in [1.82, 2.24) is 4.98 Å². The topological polar surface area (TPSA) is 80.5 Å². The van der Waals surface area contributed by atoms with Gasteiger partial charge >= 0.3 is 0 Å². The summed E-state index contributed by atoms with van der Waals surface area (Å²) in [5, 5.41) is 14.1. The molecule has 0 aromatic carbocycles. The maximum absolute atomic E-state index is 11.0. The van der Waals surface area contributed by atoms with E-state index < -0.39 is 0 Å². The van der Waals surface area contributed by atoms with Gasteiger partial charge in [-0.25, -0.2) is 4.98 Å². The number of nitro groups is 1. The minimum absolute atomic E-state index is 0.0535. The summed E-state index contributed by atoms with van der Waals surface area (Å²) >= 11 is 0. The second-order valence-corrected chi connectivity index (χ2v) is 5.02. The normalized spacial score (nSPS) is 22.6. The maximum atomic E-state index is 11.0. The van der Waals surface area contributed by atoms with E-state index in [0.29, 0.717) is 31.3 Å². The van der Waals surface area contributed by atoms with Crippen LogP contribution in [0.5, 0.6) is 0 Å². The minimum atomic E-state index is -0.390. The van der Waals surface area contributed by atoms with Crippen molar-refractivity contribution in [2.75, 3.05) is 29.9 Å². The zero-order valence-electron chi connectivity index (χ0n) is 12.0. The molecule has 0 radical (unpaired) electrons. The quantitative estimate of drug-likeness (QED) is 0.671. The Morgan fingerprint density at radius 2 is 2.10 bits per heavy atom. The molecule has 2 rings (SSSR count). The number of hydrogen-bond acceptors (Lipinski definition) is 6. The highest BCUT2D eigenvalue weighted by molar-refractivity contribution is 5.56. The molecule has 20 heavy (non-hydrogen) atoms. The molecule has 0 amide bonds. The fraction of sp³-hybridized carbons (Fsp3) is 0.615. The van der Waals surface area contributed by atoms with Gasteiger partial charge in [0, 0.05) is 19.6 Å². The van der Waals surface area contributed by atoms with Gasteiger partial charge in [-0.05, 0) is 20.8 Å².